The molecule has 43 heavy (non-hydrogen) atoms. The number of hydrogen-bond donors (Lipinski definition) is 2. The van der Waals surface area contributed by atoms with Gasteiger partial charge in [0.2, 0.25) is 11.9 Å². The van der Waals surface area contributed by atoms with Crippen molar-refractivity contribution in [3.05, 3.63) is 72.7 Å². The molecular formula is C31H33N9O3. The van der Waals surface area contributed by atoms with Gasteiger partial charge in [-0.05, 0) is 68.3 Å². The van der Waals surface area contributed by atoms with Crippen molar-refractivity contribution in [2.45, 2.75) is 26.2 Å². The van der Waals surface area contributed by atoms with Crippen molar-refractivity contribution in [2.24, 2.45) is 5.92 Å². The SMILES string of the molecule is Cc1cccc(-c2nccc(Nc3ccnc(Nc4ccc(N5CCN(C(=O)CCC6CCOC6=O)CC5)cc4)n3)n2)n1. The summed E-state index contributed by atoms with van der Waals surface area (Å²) in [4.78, 5) is 50.8. The molecule has 0 saturated carbocycles. The van der Waals surface area contributed by atoms with Crippen molar-refractivity contribution < 1.29 is 14.3 Å². The maximum absolute atomic E-state index is 12.7. The Hall–Kier alpha value is -5.13. The Kier molecular flexibility index (Phi) is 8.34. The number of aryl methyl sites for hydroxylation is 1. The number of amides is 1. The second kappa shape index (κ2) is 12.8. The molecule has 2 saturated heterocycles. The van der Waals surface area contributed by atoms with Crippen molar-refractivity contribution in [3.63, 3.8) is 0 Å². The van der Waals surface area contributed by atoms with Crippen LogP contribution in [-0.2, 0) is 14.3 Å². The molecule has 2 aliphatic rings. The second-order valence-electron chi connectivity index (χ2n) is 10.6. The quantitative estimate of drug-likeness (QED) is 0.277. The number of carbonyl (C=O) groups excluding carboxylic acids is 2. The minimum absolute atomic E-state index is 0.110. The third kappa shape index (κ3) is 7.03. The zero-order valence-corrected chi connectivity index (χ0v) is 23.9. The first-order valence-electron chi connectivity index (χ1n) is 14.4. The molecule has 1 amide bonds. The highest BCUT2D eigenvalue weighted by Gasteiger charge is 2.28. The van der Waals surface area contributed by atoms with E-state index in [-0.39, 0.29) is 17.8 Å². The number of benzene rings is 1. The average molecular weight is 580 g/mol. The Morgan fingerprint density at radius 2 is 1.67 bits per heavy atom. The summed E-state index contributed by atoms with van der Waals surface area (Å²) in [6.45, 7) is 5.24. The fourth-order valence-corrected chi connectivity index (χ4v) is 5.19. The number of nitrogens with one attached hydrogen (secondary N) is 2. The summed E-state index contributed by atoms with van der Waals surface area (Å²) in [6.07, 6.45) is 5.04. The summed E-state index contributed by atoms with van der Waals surface area (Å²) in [6, 6.07) is 17.4. The normalized spacial score (nSPS) is 16.6. The lowest BCUT2D eigenvalue weighted by Gasteiger charge is -2.36. The van der Waals surface area contributed by atoms with Gasteiger partial charge >= 0.3 is 5.97 Å². The monoisotopic (exact) mass is 579 g/mol. The summed E-state index contributed by atoms with van der Waals surface area (Å²) < 4.78 is 5.00. The van der Waals surface area contributed by atoms with Crippen LogP contribution in [0.25, 0.3) is 11.5 Å². The highest BCUT2D eigenvalue weighted by Crippen LogP contribution is 2.24. The number of cyclic esters (lactones) is 1. The molecule has 6 rings (SSSR count). The first-order valence-corrected chi connectivity index (χ1v) is 14.4. The number of ether oxygens (including phenoxy) is 1. The fraction of sp³-hybridized carbons (Fsp3) is 0.323. The zero-order valence-electron chi connectivity index (χ0n) is 23.9. The number of piperazine rings is 1. The lowest BCUT2D eigenvalue weighted by Crippen LogP contribution is -2.48. The minimum atomic E-state index is -0.167. The number of pyridine rings is 1. The van der Waals surface area contributed by atoms with E-state index in [1.54, 1.807) is 24.5 Å². The maximum Gasteiger partial charge on any atom is 0.309 e. The molecule has 12 heteroatoms. The maximum atomic E-state index is 12.7. The van der Waals surface area contributed by atoms with E-state index in [1.807, 2.05) is 42.2 Å². The van der Waals surface area contributed by atoms with E-state index in [1.165, 1.54) is 0 Å². The predicted octanol–water partition coefficient (Wildman–Crippen LogP) is 4.12. The van der Waals surface area contributed by atoms with Crippen LogP contribution in [0.4, 0.5) is 29.0 Å². The number of aromatic nitrogens is 5. The number of esters is 1. The average Bonchev–Trinajstić information content (AvgIpc) is 3.45. The van der Waals surface area contributed by atoms with Crippen molar-refractivity contribution in [1.29, 1.82) is 0 Å². The molecule has 3 aromatic heterocycles. The molecule has 220 valence electrons. The number of nitrogens with zero attached hydrogens (tertiary/aromatic N) is 7. The topological polar surface area (TPSA) is 138 Å². The molecular weight excluding hydrogens is 546 g/mol. The first-order chi connectivity index (χ1) is 21.0. The van der Waals surface area contributed by atoms with E-state index in [4.69, 9.17) is 4.74 Å². The summed E-state index contributed by atoms with van der Waals surface area (Å²) in [5, 5.41) is 6.47. The first kappa shape index (κ1) is 28.0. The highest BCUT2D eigenvalue weighted by atomic mass is 16.5. The molecule has 0 aliphatic carbocycles. The van der Waals surface area contributed by atoms with Gasteiger partial charge in [0.1, 0.15) is 17.3 Å². The predicted molar refractivity (Wildman–Crippen MR) is 162 cm³/mol. The molecule has 5 heterocycles. The van der Waals surface area contributed by atoms with Gasteiger partial charge in [-0.25, -0.2) is 19.9 Å². The molecule has 1 atom stereocenters. The Morgan fingerprint density at radius 3 is 2.42 bits per heavy atom. The van der Waals surface area contributed by atoms with Crippen molar-refractivity contribution in [1.82, 2.24) is 29.8 Å². The molecule has 1 aromatic carbocycles. The number of carbonyl (C=O) groups is 2. The van der Waals surface area contributed by atoms with E-state index in [0.29, 0.717) is 61.6 Å². The number of rotatable bonds is 9. The largest absolute Gasteiger partial charge is 0.465 e. The smallest absolute Gasteiger partial charge is 0.309 e. The van der Waals surface area contributed by atoms with Gasteiger partial charge < -0.3 is 25.2 Å². The summed E-state index contributed by atoms with van der Waals surface area (Å²) in [5.74, 6) is 1.98. The van der Waals surface area contributed by atoms with E-state index in [0.717, 1.165) is 36.6 Å². The van der Waals surface area contributed by atoms with Crippen LogP contribution in [0.2, 0.25) is 0 Å². The summed E-state index contributed by atoms with van der Waals surface area (Å²) in [7, 11) is 0. The van der Waals surface area contributed by atoms with Gasteiger partial charge in [0.15, 0.2) is 5.82 Å². The van der Waals surface area contributed by atoms with E-state index in [2.05, 4.69) is 52.6 Å². The Balaban J connectivity index is 1.01. The van der Waals surface area contributed by atoms with Crippen LogP contribution in [0.5, 0.6) is 0 Å². The van der Waals surface area contributed by atoms with Crippen LogP contribution < -0.4 is 15.5 Å². The van der Waals surface area contributed by atoms with Crippen molar-refractivity contribution in [2.75, 3.05) is 48.3 Å². The molecule has 0 bridgehead atoms. The molecule has 0 radical (unpaired) electrons. The van der Waals surface area contributed by atoms with Gasteiger partial charge in [-0.3, -0.25) is 9.59 Å². The molecule has 4 aromatic rings. The Morgan fingerprint density at radius 1 is 0.907 bits per heavy atom. The van der Waals surface area contributed by atoms with Crippen LogP contribution in [-0.4, -0.2) is 74.5 Å². The van der Waals surface area contributed by atoms with Gasteiger partial charge in [-0.2, -0.15) is 4.98 Å². The zero-order chi connectivity index (χ0) is 29.6. The van der Waals surface area contributed by atoms with E-state index in [9.17, 15) is 9.59 Å². The Labute approximate surface area is 249 Å². The fourth-order valence-electron chi connectivity index (χ4n) is 5.19. The van der Waals surface area contributed by atoms with Gasteiger partial charge in [-0.15, -0.1) is 0 Å². The molecule has 0 spiro atoms. The molecule has 2 N–H and O–H groups in total. The van der Waals surface area contributed by atoms with Crippen LogP contribution in [0.1, 0.15) is 25.0 Å². The van der Waals surface area contributed by atoms with Crippen LogP contribution in [0.3, 0.4) is 0 Å². The molecule has 12 nitrogen and oxygen atoms in total. The van der Waals surface area contributed by atoms with E-state index < -0.39 is 0 Å². The van der Waals surface area contributed by atoms with Crippen molar-refractivity contribution in [3.8, 4) is 11.5 Å². The number of anilines is 5. The lowest BCUT2D eigenvalue weighted by atomic mass is 10.0. The summed E-state index contributed by atoms with van der Waals surface area (Å²) in [5.41, 5.74) is 3.55. The van der Waals surface area contributed by atoms with Crippen LogP contribution in [0.15, 0.2) is 67.0 Å². The molecule has 2 fully saturated rings. The standard InChI is InChI=1S/C31H33N9O3/c1-21-3-2-4-25(34-21)29-32-14-11-26(37-29)36-27-12-15-33-31(38-27)35-23-6-8-24(9-7-23)39-16-18-40(19-17-39)28(41)10-5-22-13-20-43-30(22)42/h2-4,6-9,11-12,14-15,22H,5,10,13,16-20H2,1H3,(H2,32,33,35,36,37,38). The Bertz CT molecular complexity index is 1590. The third-order valence-corrected chi connectivity index (χ3v) is 7.56. The van der Waals surface area contributed by atoms with Crippen LogP contribution in [0, 0.1) is 12.8 Å². The summed E-state index contributed by atoms with van der Waals surface area (Å²) >= 11 is 0. The van der Waals surface area contributed by atoms with Gasteiger partial charge in [-0.1, -0.05) is 6.07 Å². The highest BCUT2D eigenvalue weighted by molar-refractivity contribution is 5.79. The second-order valence-corrected chi connectivity index (χ2v) is 10.6. The lowest BCUT2D eigenvalue weighted by molar-refractivity contribution is -0.141. The van der Waals surface area contributed by atoms with Gasteiger partial charge in [0.25, 0.3) is 0 Å². The number of hydrogen-bond acceptors (Lipinski definition) is 11. The molecule has 1 unspecified atom stereocenters. The minimum Gasteiger partial charge on any atom is -0.465 e. The van der Waals surface area contributed by atoms with Gasteiger partial charge in [0.05, 0.1) is 12.5 Å². The van der Waals surface area contributed by atoms with Crippen molar-refractivity contribution >= 4 is 40.8 Å². The third-order valence-electron chi connectivity index (χ3n) is 7.56. The van der Waals surface area contributed by atoms with Gasteiger partial charge in [0, 0.05) is 62.1 Å². The van der Waals surface area contributed by atoms with E-state index >= 15 is 0 Å². The van der Waals surface area contributed by atoms with Crippen LogP contribution >= 0.6 is 0 Å². The molecule has 2 aliphatic heterocycles.